The highest BCUT2D eigenvalue weighted by atomic mass is 15.3. The summed E-state index contributed by atoms with van der Waals surface area (Å²) in [5.74, 6) is 6.66. The minimum absolute atomic E-state index is 0.516. The molecule has 88 valence electrons. The van der Waals surface area contributed by atoms with E-state index in [1.807, 2.05) is 0 Å². The second-order valence-corrected chi connectivity index (χ2v) is 4.54. The van der Waals surface area contributed by atoms with Gasteiger partial charge in [0.1, 0.15) is 5.82 Å². The van der Waals surface area contributed by atoms with Crippen molar-refractivity contribution in [3.63, 3.8) is 0 Å². The highest BCUT2D eigenvalue weighted by Crippen LogP contribution is 2.49. The summed E-state index contributed by atoms with van der Waals surface area (Å²) in [7, 11) is 0. The van der Waals surface area contributed by atoms with E-state index in [9.17, 15) is 0 Å². The molecular weight excluding hydrogens is 202 g/mol. The van der Waals surface area contributed by atoms with Gasteiger partial charge in [0.2, 0.25) is 0 Å². The SMILES string of the molecule is CCCC1(CNc2cncc(NN)n2)CC1. The van der Waals surface area contributed by atoms with Crippen molar-refractivity contribution in [3.05, 3.63) is 12.4 Å². The molecule has 1 aliphatic carbocycles. The second-order valence-electron chi connectivity index (χ2n) is 4.54. The normalized spacial score (nSPS) is 16.9. The molecule has 5 heteroatoms. The number of hydrogen-bond acceptors (Lipinski definition) is 5. The van der Waals surface area contributed by atoms with Gasteiger partial charge in [0.15, 0.2) is 5.82 Å². The zero-order valence-electron chi connectivity index (χ0n) is 9.66. The predicted molar refractivity (Wildman–Crippen MR) is 64.9 cm³/mol. The van der Waals surface area contributed by atoms with Crippen LogP contribution in [0.5, 0.6) is 0 Å². The highest BCUT2D eigenvalue weighted by molar-refractivity contribution is 5.40. The van der Waals surface area contributed by atoms with Gasteiger partial charge in [0.25, 0.3) is 0 Å². The molecule has 16 heavy (non-hydrogen) atoms. The number of hydrazine groups is 1. The Kier molecular flexibility index (Phi) is 3.24. The van der Waals surface area contributed by atoms with Crippen LogP contribution >= 0.6 is 0 Å². The van der Waals surface area contributed by atoms with Crippen molar-refractivity contribution < 1.29 is 0 Å². The van der Waals surface area contributed by atoms with Crippen molar-refractivity contribution in [2.75, 3.05) is 17.3 Å². The Morgan fingerprint density at radius 2 is 2.12 bits per heavy atom. The number of hydrogen-bond donors (Lipinski definition) is 3. The molecule has 0 aromatic carbocycles. The first-order valence-electron chi connectivity index (χ1n) is 5.80. The minimum atomic E-state index is 0.516. The first-order valence-corrected chi connectivity index (χ1v) is 5.80. The van der Waals surface area contributed by atoms with Crippen molar-refractivity contribution >= 4 is 11.6 Å². The fraction of sp³-hybridized carbons (Fsp3) is 0.636. The third-order valence-corrected chi connectivity index (χ3v) is 3.16. The van der Waals surface area contributed by atoms with E-state index >= 15 is 0 Å². The van der Waals surface area contributed by atoms with Gasteiger partial charge in [-0.3, -0.25) is 4.98 Å². The summed E-state index contributed by atoms with van der Waals surface area (Å²) >= 11 is 0. The number of anilines is 2. The van der Waals surface area contributed by atoms with Crippen LogP contribution in [0.15, 0.2) is 12.4 Å². The van der Waals surface area contributed by atoms with Gasteiger partial charge in [-0.25, -0.2) is 10.8 Å². The molecule has 0 radical (unpaired) electrons. The molecule has 1 aromatic heterocycles. The molecule has 0 spiro atoms. The fourth-order valence-electron chi connectivity index (χ4n) is 2.02. The quantitative estimate of drug-likeness (QED) is 0.504. The molecule has 0 bridgehead atoms. The molecular formula is C11H19N5. The van der Waals surface area contributed by atoms with Crippen LogP contribution < -0.4 is 16.6 Å². The lowest BCUT2D eigenvalue weighted by atomic mass is 10.0. The number of nitrogen functional groups attached to an aromatic ring is 1. The van der Waals surface area contributed by atoms with Gasteiger partial charge in [0, 0.05) is 6.54 Å². The molecule has 5 nitrogen and oxygen atoms in total. The molecule has 0 aliphatic heterocycles. The zero-order valence-corrected chi connectivity index (χ0v) is 9.66. The van der Waals surface area contributed by atoms with Gasteiger partial charge in [-0.05, 0) is 24.7 Å². The molecule has 1 fully saturated rings. The smallest absolute Gasteiger partial charge is 0.160 e. The Hall–Kier alpha value is -1.36. The van der Waals surface area contributed by atoms with Crippen LogP contribution in [0, 0.1) is 5.41 Å². The maximum absolute atomic E-state index is 5.28. The maximum atomic E-state index is 5.28. The average molecular weight is 221 g/mol. The molecule has 0 atom stereocenters. The van der Waals surface area contributed by atoms with E-state index in [4.69, 9.17) is 5.84 Å². The molecule has 1 aromatic rings. The Balaban J connectivity index is 1.89. The first-order chi connectivity index (χ1) is 7.78. The summed E-state index contributed by atoms with van der Waals surface area (Å²) in [6.07, 6.45) is 8.53. The monoisotopic (exact) mass is 221 g/mol. The largest absolute Gasteiger partial charge is 0.368 e. The number of rotatable bonds is 6. The van der Waals surface area contributed by atoms with E-state index in [0.29, 0.717) is 11.2 Å². The molecule has 0 unspecified atom stereocenters. The lowest BCUT2D eigenvalue weighted by molar-refractivity contribution is 0.485. The maximum Gasteiger partial charge on any atom is 0.160 e. The van der Waals surface area contributed by atoms with Crippen LogP contribution in [0.3, 0.4) is 0 Å². The van der Waals surface area contributed by atoms with Gasteiger partial charge in [-0.1, -0.05) is 13.3 Å². The van der Waals surface area contributed by atoms with Crippen LogP contribution in [-0.2, 0) is 0 Å². The molecule has 1 saturated carbocycles. The van der Waals surface area contributed by atoms with E-state index in [2.05, 4.69) is 27.6 Å². The standard InChI is InChI=1S/C11H19N5/c1-2-3-11(4-5-11)8-14-9-6-13-7-10(15-9)16-12/h6-7H,2-5,8,12H2,1H3,(H2,14,15,16). The van der Waals surface area contributed by atoms with E-state index in [1.165, 1.54) is 25.7 Å². The summed E-state index contributed by atoms with van der Waals surface area (Å²) in [6, 6.07) is 0. The fourth-order valence-corrected chi connectivity index (χ4v) is 2.02. The van der Waals surface area contributed by atoms with Gasteiger partial charge in [-0.2, -0.15) is 0 Å². The third kappa shape index (κ3) is 2.61. The number of nitrogens with zero attached hydrogens (tertiary/aromatic N) is 2. The van der Waals surface area contributed by atoms with Gasteiger partial charge >= 0.3 is 0 Å². The molecule has 2 rings (SSSR count). The van der Waals surface area contributed by atoms with Crippen molar-refractivity contribution in [1.82, 2.24) is 9.97 Å². The molecule has 1 heterocycles. The van der Waals surface area contributed by atoms with Crippen LogP contribution in [0.25, 0.3) is 0 Å². The number of nitrogens with two attached hydrogens (primary N) is 1. The van der Waals surface area contributed by atoms with Crippen LogP contribution in [0.4, 0.5) is 11.6 Å². The topological polar surface area (TPSA) is 75.9 Å². The second kappa shape index (κ2) is 4.65. The van der Waals surface area contributed by atoms with Crippen LogP contribution in [0.1, 0.15) is 32.6 Å². The zero-order chi connectivity index (χ0) is 11.4. The van der Waals surface area contributed by atoms with Crippen molar-refractivity contribution in [2.24, 2.45) is 11.3 Å². The molecule has 0 saturated heterocycles. The Morgan fingerprint density at radius 1 is 1.38 bits per heavy atom. The minimum Gasteiger partial charge on any atom is -0.368 e. The van der Waals surface area contributed by atoms with Crippen molar-refractivity contribution in [2.45, 2.75) is 32.6 Å². The van der Waals surface area contributed by atoms with Gasteiger partial charge in [0.05, 0.1) is 12.4 Å². The lowest BCUT2D eigenvalue weighted by Gasteiger charge is -2.15. The Labute approximate surface area is 95.8 Å². The predicted octanol–water partition coefficient (Wildman–Crippen LogP) is 1.75. The van der Waals surface area contributed by atoms with E-state index < -0.39 is 0 Å². The first kappa shape index (κ1) is 11.1. The average Bonchev–Trinajstić information content (AvgIpc) is 3.08. The molecule has 1 aliphatic rings. The van der Waals surface area contributed by atoms with Crippen molar-refractivity contribution in [3.8, 4) is 0 Å². The van der Waals surface area contributed by atoms with Crippen LogP contribution in [0.2, 0.25) is 0 Å². The highest BCUT2D eigenvalue weighted by Gasteiger charge is 2.41. The summed E-state index contributed by atoms with van der Waals surface area (Å²) in [4.78, 5) is 8.33. The summed E-state index contributed by atoms with van der Waals surface area (Å²) in [5, 5.41) is 3.34. The Bertz CT molecular complexity index is 348. The van der Waals surface area contributed by atoms with Crippen LogP contribution in [-0.4, -0.2) is 16.5 Å². The molecule has 4 N–H and O–H groups in total. The van der Waals surface area contributed by atoms with E-state index in [-0.39, 0.29) is 0 Å². The lowest BCUT2D eigenvalue weighted by Crippen LogP contribution is -2.17. The van der Waals surface area contributed by atoms with E-state index in [1.54, 1.807) is 12.4 Å². The van der Waals surface area contributed by atoms with Gasteiger partial charge in [-0.15, -0.1) is 0 Å². The van der Waals surface area contributed by atoms with Gasteiger partial charge < -0.3 is 10.7 Å². The Morgan fingerprint density at radius 3 is 2.75 bits per heavy atom. The molecule has 0 amide bonds. The third-order valence-electron chi connectivity index (χ3n) is 3.16. The van der Waals surface area contributed by atoms with E-state index in [0.717, 1.165) is 12.4 Å². The number of aromatic nitrogens is 2. The summed E-state index contributed by atoms with van der Waals surface area (Å²) < 4.78 is 0. The number of nitrogens with one attached hydrogen (secondary N) is 2. The summed E-state index contributed by atoms with van der Waals surface area (Å²) in [5.41, 5.74) is 3.01. The summed E-state index contributed by atoms with van der Waals surface area (Å²) in [6.45, 7) is 3.22. The van der Waals surface area contributed by atoms with Crippen molar-refractivity contribution in [1.29, 1.82) is 0 Å².